The van der Waals surface area contributed by atoms with Gasteiger partial charge in [0.1, 0.15) is 17.9 Å². The highest BCUT2D eigenvalue weighted by atomic mass is 15.4. The number of nitrogens with zero attached hydrogens (tertiary/aromatic N) is 6. The number of likely N-dealkylation sites (N-methyl/N-ethyl adjacent to an activating group) is 1. The number of amidine groups is 1. The highest BCUT2D eigenvalue weighted by Gasteiger charge is 2.08. The largest absolute Gasteiger partial charge is 0.365 e. The van der Waals surface area contributed by atoms with Gasteiger partial charge in [0, 0.05) is 27.3 Å². The lowest BCUT2D eigenvalue weighted by Gasteiger charge is -2.14. The molecule has 0 bridgehead atoms. The lowest BCUT2D eigenvalue weighted by molar-refractivity contribution is 0.569. The highest BCUT2D eigenvalue weighted by Crippen LogP contribution is 2.06. The fourth-order valence-corrected chi connectivity index (χ4v) is 1.46. The van der Waals surface area contributed by atoms with E-state index in [1.54, 1.807) is 17.9 Å². The van der Waals surface area contributed by atoms with Crippen LogP contribution >= 0.6 is 0 Å². The van der Waals surface area contributed by atoms with Crippen LogP contribution in [0.5, 0.6) is 0 Å². The van der Waals surface area contributed by atoms with Crippen molar-refractivity contribution in [2.45, 2.75) is 6.54 Å². The van der Waals surface area contributed by atoms with E-state index in [0.717, 1.165) is 17.0 Å². The molecule has 2 heterocycles. The quantitative estimate of drug-likeness (QED) is 0.541. The van der Waals surface area contributed by atoms with Gasteiger partial charge in [-0.25, -0.2) is 9.67 Å². The van der Waals surface area contributed by atoms with Gasteiger partial charge in [-0.1, -0.05) is 5.21 Å². The second-order valence-corrected chi connectivity index (χ2v) is 3.63. The van der Waals surface area contributed by atoms with Crippen molar-refractivity contribution in [1.82, 2.24) is 24.9 Å². The SMILES string of the molecule is C/N=C(\Cn1nnc2cccnc21)N(C)C. The maximum absolute atomic E-state index is 4.25. The number of hydrogen-bond donors (Lipinski definition) is 0. The van der Waals surface area contributed by atoms with Crippen LogP contribution in [-0.2, 0) is 6.54 Å². The maximum atomic E-state index is 4.25. The van der Waals surface area contributed by atoms with Gasteiger partial charge >= 0.3 is 0 Å². The first-order chi connectivity index (χ1) is 7.72. The summed E-state index contributed by atoms with van der Waals surface area (Å²) in [6.07, 6.45) is 1.74. The Bertz CT molecular complexity index is 513. The number of aromatic nitrogens is 4. The molecule has 6 nitrogen and oxygen atoms in total. The minimum atomic E-state index is 0.580. The van der Waals surface area contributed by atoms with E-state index in [-0.39, 0.29) is 0 Å². The molecule has 0 saturated carbocycles. The summed E-state index contributed by atoms with van der Waals surface area (Å²) in [4.78, 5) is 10.4. The zero-order valence-electron chi connectivity index (χ0n) is 9.62. The number of fused-ring (bicyclic) bond motifs is 1. The molecule has 0 radical (unpaired) electrons. The fourth-order valence-electron chi connectivity index (χ4n) is 1.46. The van der Waals surface area contributed by atoms with Crippen molar-refractivity contribution in [3.63, 3.8) is 0 Å². The van der Waals surface area contributed by atoms with Crippen LogP contribution in [0.1, 0.15) is 0 Å². The molecule has 84 valence electrons. The van der Waals surface area contributed by atoms with Crippen molar-refractivity contribution >= 4 is 17.0 Å². The first-order valence-corrected chi connectivity index (χ1v) is 4.99. The number of hydrogen-bond acceptors (Lipinski definition) is 4. The molecule has 0 amide bonds. The molecule has 0 unspecified atom stereocenters. The molecule has 2 aromatic rings. The van der Waals surface area contributed by atoms with Crippen LogP contribution in [0, 0.1) is 0 Å². The van der Waals surface area contributed by atoms with Gasteiger partial charge in [0.25, 0.3) is 0 Å². The van der Waals surface area contributed by atoms with Crippen LogP contribution in [-0.4, -0.2) is 51.9 Å². The molecule has 6 heteroatoms. The minimum absolute atomic E-state index is 0.580. The van der Waals surface area contributed by atoms with Gasteiger partial charge in [0.05, 0.1) is 0 Å². The van der Waals surface area contributed by atoms with Crippen molar-refractivity contribution in [2.24, 2.45) is 4.99 Å². The molecule has 16 heavy (non-hydrogen) atoms. The summed E-state index contributed by atoms with van der Waals surface area (Å²) in [6, 6.07) is 3.74. The molecule has 2 aromatic heterocycles. The predicted molar refractivity (Wildman–Crippen MR) is 62.4 cm³/mol. The average molecular weight is 218 g/mol. The topological polar surface area (TPSA) is 59.2 Å². The fraction of sp³-hybridized carbons (Fsp3) is 0.400. The van der Waals surface area contributed by atoms with Gasteiger partial charge in [-0.15, -0.1) is 5.10 Å². The molecule has 0 fully saturated rings. The molecule has 0 atom stereocenters. The Morgan fingerprint density at radius 3 is 3.00 bits per heavy atom. The van der Waals surface area contributed by atoms with E-state index >= 15 is 0 Å². The molecule has 0 aliphatic rings. The third kappa shape index (κ3) is 1.86. The molecule has 0 aliphatic carbocycles. The van der Waals surface area contributed by atoms with Crippen LogP contribution < -0.4 is 0 Å². The Morgan fingerprint density at radius 2 is 2.31 bits per heavy atom. The highest BCUT2D eigenvalue weighted by molar-refractivity contribution is 5.82. The van der Waals surface area contributed by atoms with Crippen molar-refractivity contribution in [3.8, 4) is 0 Å². The molecule has 0 aliphatic heterocycles. The molecule has 0 aromatic carbocycles. The summed E-state index contributed by atoms with van der Waals surface area (Å²) in [7, 11) is 5.67. The van der Waals surface area contributed by atoms with Gasteiger partial charge < -0.3 is 4.90 Å². The standard InChI is InChI=1S/C10H14N6/c1-11-9(15(2)3)7-16-10-8(13-14-16)5-4-6-12-10/h4-6H,7H2,1-3H3/b11-9+. The Balaban J connectivity index is 2.34. The summed E-state index contributed by atoms with van der Waals surface area (Å²) >= 11 is 0. The molecule has 0 saturated heterocycles. The molecular weight excluding hydrogens is 204 g/mol. The molecule has 0 N–H and O–H groups in total. The summed E-state index contributed by atoms with van der Waals surface area (Å²) in [5, 5.41) is 8.10. The maximum Gasteiger partial charge on any atom is 0.178 e. The van der Waals surface area contributed by atoms with E-state index in [9.17, 15) is 0 Å². The van der Waals surface area contributed by atoms with E-state index in [1.165, 1.54) is 0 Å². The lowest BCUT2D eigenvalue weighted by Crippen LogP contribution is -2.27. The molecule has 2 rings (SSSR count). The van der Waals surface area contributed by atoms with E-state index in [1.807, 2.05) is 31.1 Å². The first kappa shape index (κ1) is 10.5. The number of aliphatic imine (C=N–C) groups is 1. The van der Waals surface area contributed by atoms with E-state index in [2.05, 4.69) is 20.3 Å². The number of rotatable bonds is 2. The smallest absolute Gasteiger partial charge is 0.178 e. The van der Waals surface area contributed by atoms with E-state index < -0.39 is 0 Å². The molecule has 0 spiro atoms. The van der Waals surface area contributed by atoms with E-state index in [0.29, 0.717) is 6.54 Å². The zero-order chi connectivity index (χ0) is 11.5. The van der Waals surface area contributed by atoms with Crippen molar-refractivity contribution in [1.29, 1.82) is 0 Å². The predicted octanol–water partition coefficient (Wildman–Crippen LogP) is 0.416. The van der Waals surface area contributed by atoms with Crippen LogP contribution in [0.3, 0.4) is 0 Å². The third-order valence-corrected chi connectivity index (χ3v) is 2.34. The summed E-state index contributed by atoms with van der Waals surface area (Å²) in [5.41, 5.74) is 1.59. The Hall–Kier alpha value is -1.98. The van der Waals surface area contributed by atoms with Gasteiger partial charge in [-0.3, -0.25) is 4.99 Å². The third-order valence-electron chi connectivity index (χ3n) is 2.34. The van der Waals surface area contributed by atoms with Crippen LogP contribution in [0.2, 0.25) is 0 Å². The minimum Gasteiger partial charge on any atom is -0.365 e. The van der Waals surface area contributed by atoms with Gasteiger partial charge in [0.15, 0.2) is 5.65 Å². The van der Waals surface area contributed by atoms with Crippen LogP contribution in [0.25, 0.3) is 11.2 Å². The van der Waals surface area contributed by atoms with Gasteiger partial charge in [0.2, 0.25) is 0 Å². The average Bonchev–Trinajstić information content (AvgIpc) is 2.69. The van der Waals surface area contributed by atoms with Gasteiger partial charge in [-0.05, 0) is 12.1 Å². The normalized spacial score (nSPS) is 12.1. The number of pyridine rings is 1. The van der Waals surface area contributed by atoms with E-state index in [4.69, 9.17) is 0 Å². The van der Waals surface area contributed by atoms with Crippen molar-refractivity contribution in [2.75, 3.05) is 21.1 Å². The summed E-state index contributed by atoms with van der Waals surface area (Å²) in [5.74, 6) is 0.928. The molecular formula is C10H14N6. The van der Waals surface area contributed by atoms with Crippen molar-refractivity contribution < 1.29 is 0 Å². The first-order valence-electron chi connectivity index (χ1n) is 4.99. The second kappa shape index (κ2) is 4.26. The monoisotopic (exact) mass is 218 g/mol. The Labute approximate surface area is 93.6 Å². The van der Waals surface area contributed by atoms with Crippen LogP contribution in [0.4, 0.5) is 0 Å². The summed E-state index contributed by atoms with van der Waals surface area (Å²) in [6.45, 7) is 0.580. The lowest BCUT2D eigenvalue weighted by atomic mass is 10.4. The van der Waals surface area contributed by atoms with Crippen LogP contribution in [0.15, 0.2) is 23.3 Å². The zero-order valence-corrected chi connectivity index (χ0v) is 9.62. The van der Waals surface area contributed by atoms with Gasteiger partial charge in [-0.2, -0.15) is 0 Å². The Morgan fingerprint density at radius 1 is 1.50 bits per heavy atom. The summed E-state index contributed by atoms with van der Waals surface area (Å²) < 4.78 is 1.75. The second-order valence-electron chi connectivity index (χ2n) is 3.63. The Kier molecular flexibility index (Phi) is 2.80. The van der Waals surface area contributed by atoms with Crippen molar-refractivity contribution in [3.05, 3.63) is 18.3 Å².